The zero-order valence-electron chi connectivity index (χ0n) is 16.7. The standard InChI is InChI=1S/C21H23FN6O2/c1-3-18(29)28-8-4-5-15(12-28)24-19-17(22)10-23-21(26-19)25-14-6-7-16-13(9-14)11-27(2)20(16)30/h3,6-7,9-10,15H,1,4-5,8,11-12H2,2H3,(H2,23,24,25,26)/t15-/m1/s1. The van der Waals surface area contributed by atoms with Gasteiger partial charge in [0.25, 0.3) is 5.91 Å². The van der Waals surface area contributed by atoms with Gasteiger partial charge in [0.1, 0.15) is 0 Å². The zero-order chi connectivity index (χ0) is 21.3. The van der Waals surface area contributed by atoms with Crippen molar-refractivity contribution < 1.29 is 14.0 Å². The Morgan fingerprint density at radius 1 is 1.40 bits per heavy atom. The van der Waals surface area contributed by atoms with Crippen LogP contribution in [0.25, 0.3) is 0 Å². The van der Waals surface area contributed by atoms with Crippen molar-refractivity contribution in [2.75, 3.05) is 30.8 Å². The van der Waals surface area contributed by atoms with E-state index in [1.165, 1.54) is 6.08 Å². The predicted molar refractivity (Wildman–Crippen MR) is 111 cm³/mol. The maximum absolute atomic E-state index is 14.3. The Balaban J connectivity index is 1.47. The summed E-state index contributed by atoms with van der Waals surface area (Å²) in [5.41, 5.74) is 2.32. The number of aromatic nitrogens is 2. The van der Waals surface area contributed by atoms with Crippen LogP contribution in [-0.2, 0) is 11.3 Å². The molecule has 9 heteroatoms. The average molecular weight is 410 g/mol. The number of amides is 2. The molecule has 2 N–H and O–H groups in total. The van der Waals surface area contributed by atoms with E-state index in [0.717, 1.165) is 30.3 Å². The first kappa shape index (κ1) is 19.8. The smallest absolute Gasteiger partial charge is 0.254 e. The fourth-order valence-electron chi connectivity index (χ4n) is 3.82. The molecular weight excluding hydrogens is 387 g/mol. The lowest BCUT2D eigenvalue weighted by Crippen LogP contribution is -2.44. The van der Waals surface area contributed by atoms with Crippen LogP contribution in [0.3, 0.4) is 0 Å². The number of anilines is 3. The van der Waals surface area contributed by atoms with Crippen LogP contribution in [0.4, 0.5) is 21.8 Å². The number of nitrogens with zero attached hydrogens (tertiary/aromatic N) is 4. The van der Waals surface area contributed by atoms with E-state index < -0.39 is 5.82 Å². The molecule has 0 bridgehead atoms. The molecule has 30 heavy (non-hydrogen) atoms. The van der Waals surface area contributed by atoms with Crippen molar-refractivity contribution in [1.29, 1.82) is 0 Å². The van der Waals surface area contributed by atoms with E-state index in [0.29, 0.717) is 25.2 Å². The van der Waals surface area contributed by atoms with Gasteiger partial charge >= 0.3 is 0 Å². The lowest BCUT2D eigenvalue weighted by atomic mass is 10.1. The van der Waals surface area contributed by atoms with Crippen LogP contribution in [0.15, 0.2) is 37.1 Å². The molecule has 2 aliphatic heterocycles. The van der Waals surface area contributed by atoms with Crippen molar-refractivity contribution in [3.8, 4) is 0 Å². The predicted octanol–water partition coefficient (Wildman–Crippen LogP) is 2.53. The van der Waals surface area contributed by atoms with Crippen LogP contribution in [0, 0.1) is 5.82 Å². The van der Waals surface area contributed by atoms with Crippen molar-refractivity contribution in [3.63, 3.8) is 0 Å². The van der Waals surface area contributed by atoms with Gasteiger partial charge in [-0.3, -0.25) is 9.59 Å². The van der Waals surface area contributed by atoms with E-state index in [1.54, 1.807) is 29.0 Å². The highest BCUT2D eigenvalue weighted by Crippen LogP contribution is 2.26. The molecule has 0 unspecified atom stereocenters. The molecule has 3 heterocycles. The molecule has 0 radical (unpaired) electrons. The average Bonchev–Trinajstić information content (AvgIpc) is 3.03. The van der Waals surface area contributed by atoms with Crippen LogP contribution in [-0.4, -0.2) is 57.8 Å². The van der Waals surface area contributed by atoms with Crippen LogP contribution >= 0.6 is 0 Å². The first-order chi connectivity index (χ1) is 14.4. The van der Waals surface area contributed by atoms with Gasteiger partial charge in [-0.05, 0) is 42.7 Å². The second kappa shape index (κ2) is 8.10. The zero-order valence-corrected chi connectivity index (χ0v) is 16.7. The van der Waals surface area contributed by atoms with Gasteiger partial charge in [-0.15, -0.1) is 0 Å². The van der Waals surface area contributed by atoms with Gasteiger partial charge in [0.05, 0.1) is 6.20 Å². The minimum Gasteiger partial charge on any atom is -0.363 e. The number of fused-ring (bicyclic) bond motifs is 1. The van der Waals surface area contributed by atoms with Crippen LogP contribution in [0.1, 0.15) is 28.8 Å². The highest BCUT2D eigenvalue weighted by Gasteiger charge is 2.25. The topological polar surface area (TPSA) is 90.5 Å². The number of hydrogen-bond donors (Lipinski definition) is 2. The molecule has 0 spiro atoms. The number of hydrogen-bond acceptors (Lipinski definition) is 6. The number of carbonyl (C=O) groups excluding carboxylic acids is 2. The van der Waals surface area contributed by atoms with E-state index in [4.69, 9.17) is 0 Å². The van der Waals surface area contributed by atoms with E-state index in [-0.39, 0.29) is 29.6 Å². The van der Waals surface area contributed by atoms with Gasteiger partial charge in [-0.25, -0.2) is 9.37 Å². The van der Waals surface area contributed by atoms with Gasteiger partial charge < -0.3 is 20.4 Å². The maximum atomic E-state index is 14.3. The molecule has 4 rings (SSSR count). The Morgan fingerprint density at radius 3 is 3.03 bits per heavy atom. The molecular formula is C21H23FN6O2. The van der Waals surface area contributed by atoms with Crippen molar-refractivity contribution in [2.24, 2.45) is 0 Å². The molecule has 2 aliphatic rings. The monoisotopic (exact) mass is 410 g/mol. The second-order valence-electron chi connectivity index (χ2n) is 7.52. The Morgan fingerprint density at radius 2 is 2.23 bits per heavy atom. The van der Waals surface area contributed by atoms with E-state index in [2.05, 4.69) is 27.2 Å². The SMILES string of the molecule is C=CC(=O)N1CCC[C@@H](Nc2nc(Nc3ccc4c(c3)CN(C)C4=O)ncc2F)C1. The van der Waals surface area contributed by atoms with Gasteiger partial charge in [0.2, 0.25) is 11.9 Å². The summed E-state index contributed by atoms with van der Waals surface area (Å²) in [5, 5.41) is 6.16. The highest BCUT2D eigenvalue weighted by atomic mass is 19.1. The first-order valence-corrected chi connectivity index (χ1v) is 9.80. The minimum absolute atomic E-state index is 0.00229. The summed E-state index contributed by atoms with van der Waals surface area (Å²) in [6.45, 7) is 5.19. The Labute approximate surface area is 173 Å². The highest BCUT2D eigenvalue weighted by molar-refractivity contribution is 5.98. The number of carbonyl (C=O) groups is 2. The van der Waals surface area contributed by atoms with Gasteiger partial charge in [0.15, 0.2) is 11.6 Å². The third-order valence-electron chi connectivity index (χ3n) is 5.34. The number of benzene rings is 1. The van der Waals surface area contributed by atoms with Crippen LogP contribution in [0.5, 0.6) is 0 Å². The molecule has 0 saturated carbocycles. The summed E-state index contributed by atoms with van der Waals surface area (Å²) in [6.07, 6.45) is 4.02. The van der Waals surface area contributed by atoms with Gasteiger partial charge in [0, 0.05) is 44.0 Å². The van der Waals surface area contributed by atoms with E-state index in [1.807, 2.05) is 6.07 Å². The van der Waals surface area contributed by atoms with E-state index >= 15 is 0 Å². The number of rotatable bonds is 5. The van der Waals surface area contributed by atoms with Crippen LogP contribution < -0.4 is 10.6 Å². The summed E-state index contributed by atoms with van der Waals surface area (Å²) in [5.74, 6) is -0.369. The third kappa shape index (κ3) is 3.96. The van der Waals surface area contributed by atoms with Crippen molar-refractivity contribution in [3.05, 3.63) is 54.0 Å². The molecule has 1 fully saturated rings. The maximum Gasteiger partial charge on any atom is 0.254 e. The van der Waals surface area contributed by atoms with Crippen molar-refractivity contribution >= 4 is 29.3 Å². The molecule has 156 valence electrons. The fourth-order valence-corrected chi connectivity index (χ4v) is 3.82. The quantitative estimate of drug-likeness (QED) is 0.737. The molecule has 1 saturated heterocycles. The van der Waals surface area contributed by atoms with Crippen LogP contribution in [0.2, 0.25) is 0 Å². The first-order valence-electron chi connectivity index (χ1n) is 9.80. The summed E-state index contributed by atoms with van der Waals surface area (Å²) >= 11 is 0. The minimum atomic E-state index is -0.561. The lowest BCUT2D eigenvalue weighted by Gasteiger charge is -2.32. The van der Waals surface area contributed by atoms with Crippen molar-refractivity contribution in [1.82, 2.24) is 19.8 Å². The lowest BCUT2D eigenvalue weighted by molar-refractivity contribution is -0.127. The Bertz CT molecular complexity index is 1010. The molecule has 0 aliphatic carbocycles. The third-order valence-corrected chi connectivity index (χ3v) is 5.34. The number of halogens is 1. The normalized spacial score (nSPS) is 18.2. The molecule has 1 atom stereocenters. The number of piperidine rings is 1. The van der Waals surface area contributed by atoms with Gasteiger partial charge in [-0.1, -0.05) is 6.58 Å². The summed E-state index contributed by atoms with van der Waals surface area (Å²) in [7, 11) is 1.76. The van der Waals surface area contributed by atoms with E-state index in [9.17, 15) is 14.0 Å². The molecule has 1 aromatic heterocycles. The summed E-state index contributed by atoms with van der Waals surface area (Å²) < 4.78 is 14.3. The molecule has 2 amide bonds. The molecule has 2 aromatic rings. The Kier molecular flexibility index (Phi) is 5.35. The Hall–Kier alpha value is -3.49. The summed E-state index contributed by atoms with van der Waals surface area (Å²) in [4.78, 5) is 35.5. The molecule has 8 nitrogen and oxygen atoms in total. The van der Waals surface area contributed by atoms with Crippen molar-refractivity contribution in [2.45, 2.75) is 25.4 Å². The summed E-state index contributed by atoms with van der Waals surface area (Å²) in [6, 6.07) is 5.30. The molecule has 1 aromatic carbocycles. The fraction of sp³-hybridized carbons (Fsp3) is 0.333. The number of likely N-dealkylation sites (tertiary alicyclic amines) is 1. The number of nitrogens with one attached hydrogen (secondary N) is 2. The largest absolute Gasteiger partial charge is 0.363 e. The second-order valence-corrected chi connectivity index (χ2v) is 7.52. The van der Waals surface area contributed by atoms with Gasteiger partial charge in [-0.2, -0.15) is 4.98 Å².